The second kappa shape index (κ2) is 4.91. The molecule has 0 heterocycles. The maximum atomic E-state index is 5.81. The molecule has 0 aliphatic carbocycles. The van der Waals surface area contributed by atoms with E-state index in [1.54, 1.807) is 7.11 Å². The number of hydrogen-bond acceptors (Lipinski definition) is 2. The van der Waals surface area contributed by atoms with E-state index in [0.717, 1.165) is 22.8 Å². The van der Waals surface area contributed by atoms with Gasteiger partial charge < -0.3 is 9.47 Å². The highest BCUT2D eigenvalue weighted by Gasteiger charge is 2.07. The fraction of sp³-hybridized carbons (Fsp3) is 0.200. The Balaban J connectivity index is 2.29. The fourth-order valence-corrected chi connectivity index (χ4v) is 1.70. The zero-order valence-corrected chi connectivity index (χ0v) is 10.4. The Hall–Kier alpha value is -1.96. The molecule has 88 valence electrons. The predicted molar refractivity (Wildman–Crippen MR) is 69.0 cm³/mol. The largest absolute Gasteiger partial charge is 0.493 e. The summed E-state index contributed by atoms with van der Waals surface area (Å²) in [7, 11) is 1.66. The summed E-state index contributed by atoms with van der Waals surface area (Å²) in [6.07, 6.45) is 0. The van der Waals surface area contributed by atoms with Crippen LogP contribution in [-0.4, -0.2) is 7.11 Å². The van der Waals surface area contributed by atoms with Crippen molar-refractivity contribution in [1.82, 2.24) is 0 Å². The average Bonchev–Trinajstić information content (AvgIpc) is 2.32. The van der Waals surface area contributed by atoms with E-state index >= 15 is 0 Å². The Morgan fingerprint density at radius 3 is 2.24 bits per heavy atom. The predicted octanol–water partition coefficient (Wildman–Crippen LogP) is 4.10. The van der Waals surface area contributed by atoms with Crippen LogP contribution < -0.4 is 9.47 Å². The second-order valence-corrected chi connectivity index (χ2v) is 4.02. The van der Waals surface area contributed by atoms with Gasteiger partial charge in [-0.25, -0.2) is 0 Å². The molecular weight excluding hydrogens is 212 g/mol. The molecule has 2 rings (SSSR count). The van der Waals surface area contributed by atoms with Gasteiger partial charge in [-0.1, -0.05) is 29.8 Å². The molecule has 2 aromatic rings. The van der Waals surface area contributed by atoms with Crippen molar-refractivity contribution in [3.05, 3.63) is 53.6 Å². The van der Waals surface area contributed by atoms with Crippen LogP contribution in [0, 0.1) is 13.8 Å². The maximum Gasteiger partial charge on any atom is 0.169 e. The maximum absolute atomic E-state index is 5.81. The van der Waals surface area contributed by atoms with Gasteiger partial charge in [0.15, 0.2) is 11.5 Å². The molecule has 0 amide bonds. The van der Waals surface area contributed by atoms with E-state index < -0.39 is 0 Å². The number of ether oxygens (including phenoxy) is 2. The highest BCUT2D eigenvalue weighted by molar-refractivity contribution is 5.48. The van der Waals surface area contributed by atoms with E-state index in [1.807, 2.05) is 49.4 Å². The average molecular weight is 228 g/mol. The van der Waals surface area contributed by atoms with Crippen molar-refractivity contribution in [2.75, 3.05) is 7.11 Å². The van der Waals surface area contributed by atoms with Crippen LogP contribution in [0.3, 0.4) is 0 Å². The SMILES string of the molecule is COc1c(C)cccc1Oc1ccc(C)cc1. The van der Waals surface area contributed by atoms with Crippen molar-refractivity contribution >= 4 is 0 Å². The van der Waals surface area contributed by atoms with Gasteiger partial charge in [-0.3, -0.25) is 0 Å². The van der Waals surface area contributed by atoms with Crippen molar-refractivity contribution in [2.45, 2.75) is 13.8 Å². The van der Waals surface area contributed by atoms with Crippen LogP contribution >= 0.6 is 0 Å². The lowest BCUT2D eigenvalue weighted by atomic mass is 10.2. The van der Waals surface area contributed by atoms with Crippen LogP contribution in [0.4, 0.5) is 0 Å². The topological polar surface area (TPSA) is 18.5 Å². The zero-order valence-electron chi connectivity index (χ0n) is 10.4. The van der Waals surface area contributed by atoms with E-state index in [4.69, 9.17) is 9.47 Å². The summed E-state index contributed by atoms with van der Waals surface area (Å²) in [6.45, 7) is 4.05. The third-order valence-corrected chi connectivity index (χ3v) is 2.63. The standard InChI is InChI=1S/C15H16O2/c1-11-7-9-13(10-8-11)17-14-6-4-5-12(2)15(14)16-3/h4-10H,1-3H3. The normalized spacial score (nSPS) is 10.1. The molecule has 0 aromatic heterocycles. The first-order valence-electron chi connectivity index (χ1n) is 5.59. The number of rotatable bonds is 3. The van der Waals surface area contributed by atoms with E-state index in [-0.39, 0.29) is 0 Å². The number of methoxy groups -OCH3 is 1. The summed E-state index contributed by atoms with van der Waals surface area (Å²) < 4.78 is 11.2. The second-order valence-electron chi connectivity index (χ2n) is 4.02. The van der Waals surface area contributed by atoms with Gasteiger partial charge in [-0.2, -0.15) is 0 Å². The summed E-state index contributed by atoms with van der Waals surface area (Å²) in [6, 6.07) is 13.8. The first kappa shape index (κ1) is 11.5. The van der Waals surface area contributed by atoms with Gasteiger partial charge in [0.1, 0.15) is 5.75 Å². The van der Waals surface area contributed by atoms with Crippen molar-refractivity contribution in [1.29, 1.82) is 0 Å². The Labute approximate surface area is 102 Å². The Morgan fingerprint density at radius 2 is 1.59 bits per heavy atom. The lowest BCUT2D eigenvalue weighted by Crippen LogP contribution is -1.92. The van der Waals surface area contributed by atoms with Crippen molar-refractivity contribution in [3.8, 4) is 17.2 Å². The van der Waals surface area contributed by atoms with E-state index in [9.17, 15) is 0 Å². The number of hydrogen-bond donors (Lipinski definition) is 0. The molecule has 0 saturated carbocycles. The minimum absolute atomic E-state index is 0.747. The molecule has 0 saturated heterocycles. The molecule has 0 unspecified atom stereocenters. The molecule has 2 nitrogen and oxygen atoms in total. The quantitative estimate of drug-likeness (QED) is 0.787. The summed E-state index contributed by atoms with van der Waals surface area (Å²) in [5.41, 5.74) is 2.28. The van der Waals surface area contributed by atoms with Gasteiger partial charge in [0.2, 0.25) is 0 Å². The fourth-order valence-electron chi connectivity index (χ4n) is 1.70. The zero-order chi connectivity index (χ0) is 12.3. The number of para-hydroxylation sites is 1. The Kier molecular flexibility index (Phi) is 3.33. The molecular formula is C15H16O2. The highest BCUT2D eigenvalue weighted by Crippen LogP contribution is 2.33. The van der Waals surface area contributed by atoms with Gasteiger partial charge >= 0.3 is 0 Å². The van der Waals surface area contributed by atoms with Gasteiger partial charge in [-0.05, 0) is 37.6 Å². The van der Waals surface area contributed by atoms with Gasteiger partial charge in [0.05, 0.1) is 7.11 Å². The van der Waals surface area contributed by atoms with Gasteiger partial charge in [0, 0.05) is 0 Å². The number of benzene rings is 2. The molecule has 0 spiro atoms. The van der Waals surface area contributed by atoms with Crippen LogP contribution in [0.15, 0.2) is 42.5 Å². The summed E-state index contributed by atoms with van der Waals surface area (Å²) in [5, 5.41) is 0. The van der Waals surface area contributed by atoms with Gasteiger partial charge in [-0.15, -0.1) is 0 Å². The van der Waals surface area contributed by atoms with E-state index in [2.05, 4.69) is 6.92 Å². The Bertz CT molecular complexity index is 501. The number of aryl methyl sites for hydroxylation is 2. The third-order valence-electron chi connectivity index (χ3n) is 2.63. The van der Waals surface area contributed by atoms with Crippen LogP contribution in [-0.2, 0) is 0 Å². The molecule has 0 aliphatic rings. The summed E-state index contributed by atoms with van der Waals surface area (Å²) >= 11 is 0. The Morgan fingerprint density at radius 1 is 0.882 bits per heavy atom. The molecule has 2 aromatic carbocycles. The van der Waals surface area contributed by atoms with Gasteiger partial charge in [0.25, 0.3) is 0 Å². The van der Waals surface area contributed by atoms with E-state index in [0.29, 0.717) is 0 Å². The lowest BCUT2D eigenvalue weighted by molar-refractivity contribution is 0.376. The lowest BCUT2D eigenvalue weighted by Gasteiger charge is -2.12. The molecule has 0 bridgehead atoms. The van der Waals surface area contributed by atoms with Crippen molar-refractivity contribution in [2.24, 2.45) is 0 Å². The third kappa shape index (κ3) is 2.59. The molecule has 0 aliphatic heterocycles. The van der Waals surface area contributed by atoms with E-state index in [1.165, 1.54) is 5.56 Å². The minimum Gasteiger partial charge on any atom is -0.493 e. The first-order chi connectivity index (χ1) is 8.20. The molecule has 0 N–H and O–H groups in total. The smallest absolute Gasteiger partial charge is 0.169 e. The molecule has 2 heteroatoms. The highest BCUT2D eigenvalue weighted by atomic mass is 16.5. The monoisotopic (exact) mass is 228 g/mol. The summed E-state index contributed by atoms with van der Waals surface area (Å²) in [5.74, 6) is 2.35. The minimum atomic E-state index is 0.747. The van der Waals surface area contributed by atoms with Crippen LogP contribution in [0.2, 0.25) is 0 Å². The summed E-state index contributed by atoms with van der Waals surface area (Å²) in [4.78, 5) is 0. The molecule has 0 fully saturated rings. The van der Waals surface area contributed by atoms with Crippen molar-refractivity contribution in [3.63, 3.8) is 0 Å². The first-order valence-corrected chi connectivity index (χ1v) is 5.59. The van der Waals surface area contributed by atoms with Crippen LogP contribution in [0.25, 0.3) is 0 Å². The molecule has 17 heavy (non-hydrogen) atoms. The van der Waals surface area contributed by atoms with Crippen LogP contribution in [0.1, 0.15) is 11.1 Å². The molecule has 0 atom stereocenters. The van der Waals surface area contributed by atoms with Crippen LogP contribution in [0.5, 0.6) is 17.2 Å². The molecule has 0 radical (unpaired) electrons. The van der Waals surface area contributed by atoms with Crippen molar-refractivity contribution < 1.29 is 9.47 Å².